The van der Waals surface area contributed by atoms with Gasteiger partial charge in [-0.05, 0) is 93.7 Å². The number of benzene rings is 3. The summed E-state index contributed by atoms with van der Waals surface area (Å²) in [5.74, 6) is 0.581. The molecule has 3 aromatic carbocycles. The maximum absolute atomic E-state index is 12.4. The van der Waals surface area contributed by atoms with E-state index in [-0.39, 0.29) is 5.91 Å². The zero-order chi connectivity index (χ0) is 21.1. The maximum Gasteiger partial charge on any atom is 0.241 e. The number of carbonyl (C=O) groups excluding carboxylic acids is 1. The third kappa shape index (κ3) is 4.46. The molecule has 30 heavy (non-hydrogen) atoms. The van der Waals surface area contributed by atoms with Crippen LogP contribution in [0.1, 0.15) is 12.0 Å². The number of ether oxygens (including phenoxy) is 1. The Morgan fingerprint density at radius 2 is 1.67 bits per heavy atom. The number of rotatable bonds is 6. The molecule has 1 heterocycles. The first-order valence-electron chi connectivity index (χ1n) is 9.39. The van der Waals surface area contributed by atoms with E-state index in [0.29, 0.717) is 18.7 Å². The van der Waals surface area contributed by atoms with Crippen molar-refractivity contribution < 1.29 is 9.53 Å². The van der Waals surface area contributed by atoms with Crippen LogP contribution in [0.2, 0.25) is 0 Å². The van der Waals surface area contributed by atoms with Gasteiger partial charge in [-0.25, -0.2) is 5.43 Å². The Bertz CT molecular complexity index is 1210. The number of carbonyl (C=O) groups is 1. The SMILES string of the molecule is COc1ccccc1/C=N/NC(=O)CCn1c2ccc(I)cc2c2cc(I)ccc21. The maximum atomic E-state index is 12.4. The molecule has 0 aliphatic heterocycles. The Hall–Kier alpha value is -2.14. The van der Waals surface area contributed by atoms with Gasteiger partial charge in [0, 0.05) is 47.5 Å². The number of aryl methyl sites for hydroxylation is 1. The predicted octanol–water partition coefficient (Wildman–Crippen LogP) is 5.55. The molecule has 0 spiro atoms. The average Bonchev–Trinajstić information content (AvgIpc) is 3.04. The Morgan fingerprint density at radius 3 is 2.30 bits per heavy atom. The molecule has 0 atom stereocenters. The smallest absolute Gasteiger partial charge is 0.241 e. The third-order valence-corrected chi connectivity index (χ3v) is 6.23. The number of nitrogens with zero attached hydrogens (tertiary/aromatic N) is 2. The van der Waals surface area contributed by atoms with Gasteiger partial charge in [-0.15, -0.1) is 0 Å². The Labute approximate surface area is 201 Å². The molecule has 1 amide bonds. The summed E-state index contributed by atoms with van der Waals surface area (Å²) in [6.45, 7) is 0.581. The molecular weight excluding hydrogens is 604 g/mol. The first-order valence-corrected chi connectivity index (χ1v) is 11.5. The van der Waals surface area contributed by atoms with Crippen LogP contribution in [0.15, 0.2) is 65.8 Å². The summed E-state index contributed by atoms with van der Waals surface area (Å²) in [5.41, 5.74) is 5.70. The summed E-state index contributed by atoms with van der Waals surface area (Å²) in [7, 11) is 1.61. The van der Waals surface area contributed by atoms with E-state index in [4.69, 9.17) is 4.74 Å². The quantitative estimate of drug-likeness (QED) is 0.174. The van der Waals surface area contributed by atoms with Crippen LogP contribution in [0.3, 0.4) is 0 Å². The van der Waals surface area contributed by atoms with Crippen molar-refractivity contribution in [2.45, 2.75) is 13.0 Å². The predicted molar refractivity (Wildman–Crippen MR) is 138 cm³/mol. The molecule has 1 N–H and O–H groups in total. The molecule has 152 valence electrons. The minimum Gasteiger partial charge on any atom is -0.496 e. The van der Waals surface area contributed by atoms with Gasteiger partial charge in [0.25, 0.3) is 0 Å². The van der Waals surface area contributed by atoms with Gasteiger partial charge in [0.2, 0.25) is 5.91 Å². The molecule has 5 nitrogen and oxygen atoms in total. The van der Waals surface area contributed by atoms with E-state index in [2.05, 4.69) is 96.7 Å². The van der Waals surface area contributed by atoms with Crippen LogP contribution >= 0.6 is 45.2 Å². The van der Waals surface area contributed by atoms with Crippen LogP contribution in [0.25, 0.3) is 21.8 Å². The second-order valence-corrected chi connectivity index (χ2v) is 9.25. The van der Waals surface area contributed by atoms with Crippen LogP contribution in [0, 0.1) is 7.14 Å². The highest BCUT2D eigenvalue weighted by Gasteiger charge is 2.12. The highest BCUT2D eigenvalue weighted by Crippen LogP contribution is 2.31. The van der Waals surface area contributed by atoms with Gasteiger partial charge < -0.3 is 9.30 Å². The van der Waals surface area contributed by atoms with Gasteiger partial charge in [-0.2, -0.15) is 5.10 Å². The summed E-state index contributed by atoms with van der Waals surface area (Å²) in [6, 6.07) is 20.4. The van der Waals surface area contributed by atoms with Crippen molar-refractivity contribution in [3.05, 3.63) is 73.4 Å². The number of amides is 1. The number of fused-ring (bicyclic) bond motifs is 3. The molecule has 0 saturated carbocycles. The van der Waals surface area contributed by atoms with Crippen LogP contribution in [-0.4, -0.2) is 23.8 Å². The van der Waals surface area contributed by atoms with Crippen molar-refractivity contribution in [2.24, 2.45) is 5.10 Å². The molecule has 0 fully saturated rings. The Kier molecular flexibility index (Phi) is 6.57. The van der Waals surface area contributed by atoms with Crippen molar-refractivity contribution >= 4 is 79.1 Å². The lowest BCUT2D eigenvalue weighted by atomic mass is 10.2. The van der Waals surface area contributed by atoms with Gasteiger partial charge in [0.1, 0.15) is 5.75 Å². The Morgan fingerprint density at radius 1 is 1.03 bits per heavy atom. The standard InChI is InChI=1S/C23H19I2N3O2/c1-30-22-5-3-2-4-15(22)14-26-27-23(29)10-11-28-20-8-6-16(24)12-18(20)19-13-17(25)7-9-21(19)28/h2-9,12-14H,10-11H2,1H3,(H,27,29)/b26-14+. The number of para-hydroxylation sites is 1. The van der Waals surface area contributed by atoms with Crippen molar-refractivity contribution in [3.63, 3.8) is 0 Å². The molecule has 0 aliphatic rings. The Balaban J connectivity index is 1.52. The normalized spacial score (nSPS) is 11.4. The number of hydrazone groups is 1. The van der Waals surface area contributed by atoms with E-state index in [9.17, 15) is 4.79 Å². The van der Waals surface area contributed by atoms with Crippen molar-refractivity contribution in [1.29, 1.82) is 0 Å². The molecule has 0 radical (unpaired) electrons. The fourth-order valence-electron chi connectivity index (χ4n) is 3.51. The highest BCUT2D eigenvalue weighted by atomic mass is 127. The van der Waals surface area contributed by atoms with Gasteiger partial charge in [0.05, 0.1) is 13.3 Å². The monoisotopic (exact) mass is 623 g/mol. The zero-order valence-corrected chi connectivity index (χ0v) is 20.5. The lowest BCUT2D eigenvalue weighted by molar-refractivity contribution is -0.121. The number of hydrogen-bond donors (Lipinski definition) is 1. The lowest BCUT2D eigenvalue weighted by Crippen LogP contribution is -2.19. The van der Waals surface area contributed by atoms with Crippen LogP contribution < -0.4 is 10.2 Å². The lowest BCUT2D eigenvalue weighted by Gasteiger charge is -2.07. The summed E-state index contributed by atoms with van der Waals surface area (Å²) in [5, 5.41) is 6.51. The second-order valence-electron chi connectivity index (χ2n) is 6.76. The van der Waals surface area contributed by atoms with Gasteiger partial charge in [-0.3, -0.25) is 4.79 Å². The molecule has 0 aliphatic carbocycles. The van der Waals surface area contributed by atoms with Crippen LogP contribution in [0.5, 0.6) is 5.75 Å². The topological polar surface area (TPSA) is 55.6 Å². The largest absolute Gasteiger partial charge is 0.496 e. The molecule has 4 aromatic rings. The van der Waals surface area contributed by atoms with E-state index in [1.165, 1.54) is 17.9 Å². The van der Waals surface area contributed by atoms with E-state index in [1.807, 2.05) is 24.3 Å². The first-order chi connectivity index (χ1) is 14.6. The van der Waals surface area contributed by atoms with Crippen LogP contribution in [-0.2, 0) is 11.3 Å². The van der Waals surface area contributed by atoms with Gasteiger partial charge in [0.15, 0.2) is 0 Å². The fourth-order valence-corrected chi connectivity index (χ4v) is 4.49. The summed E-state index contributed by atoms with van der Waals surface area (Å²) >= 11 is 4.67. The van der Waals surface area contributed by atoms with Gasteiger partial charge >= 0.3 is 0 Å². The fraction of sp³-hybridized carbons (Fsp3) is 0.130. The van der Waals surface area contributed by atoms with Crippen molar-refractivity contribution in [2.75, 3.05) is 7.11 Å². The third-order valence-electron chi connectivity index (χ3n) is 4.88. The summed E-state index contributed by atoms with van der Waals surface area (Å²) in [6.07, 6.45) is 1.93. The van der Waals surface area contributed by atoms with Crippen molar-refractivity contribution in [1.82, 2.24) is 9.99 Å². The second kappa shape index (κ2) is 9.34. The molecule has 0 saturated heterocycles. The summed E-state index contributed by atoms with van der Waals surface area (Å²) < 4.78 is 9.89. The number of halogens is 2. The number of aromatic nitrogens is 1. The minimum atomic E-state index is -0.132. The van der Waals surface area contributed by atoms with Crippen molar-refractivity contribution in [3.8, 4) is 5.75 Å². The molecule has 0 unspecified atom stereocenters. The number of nitrogens with one attached hydrogen (secondary N) is 1. The van der Waals surface area contributed by atoms with E-state index in [1.54, 1.807) is 13.3 Å². The minimum absolute atomic E-state index is 0.132. The van der Waals surface area contributed by atoms with Crippen LogP contribution in [0.4, 0.5) is 0 Å². The average molecular weight is 623 g/mol. The van der Waals surface area contributed by atoms with E-state index >= 15 is 0 Å². The van der Waals surface area contributed by atoms with E-state index < -0.39 is 0 Å². The molecule has 7 heteroatoms. The molecule has 0 bridgehead atoms. The summed E-state index contributed by atoms with van der Waals surface area (Å²) in [4.78, 5) is 12.4. The molecular formula is C23H19I2N3O2. The first kappa shape index (κ1) is 21.1. The molecule has 1 aromatic heterocycles. The zero-order valence-electron chi connectivity index (χ0n) is 16.2. The van der Waals surface area contributed by atoms with Gasteiger partial charge in [-0.1, -0.05) is 12.1 Å². The number of hydrogen-bond acceptors (Lipinski definition) is 3. The van der Waals surface area contributed by atoms with E-state index in [0.717, 1.165) is 16.6 Å². The molecule has 4 rings (SSSR count). The number of methoxy groups -OCH3 is 1. The highest BCUT2D eigenvalue weighted by molar-refractivity contribution is 14.1.